The van der Waals surface area contributed by atoms with Crippen LogP contribution in [0.1, 0.15) is 39.4 Å². The van der Waals surface area contributed by atoms with Crippen molar-refractivity contribution < 1.29 is 24.2 Å². The molecule has 1 atom stereocenters. The number of carboxylic acid groups (broad SMARTS) is 1. The van der Waals surface area contributed by atoms with Gasteiger partial charge in [0.05, 0.1) is 0 Å². The first-order valence-electron chi connectivity index (χ1n) is 8.53. The van der Waals surface area contributed by atoms with E-state index in [1.54, 1.807) is 18.2 Å². The van der Waals surface area contributed by atoms with Crippen molar-refractivity contribution in [1.82, 2.24) is 10.3 Å². The second-order valence-electron chi connectivity index (χ2n) is 6.09. The number of carbonyl (C=O) groups excluding carboxylic acids is 2. The molecule has 1 saturated heterocycles. The summed E-state index contributed by atoms with van der Waals surface area (Å²) in [5, 5.41) is 14.4. The zero-order chi connectivity index (χ0) is 19.2. The number of aromatic carboxylic acids is 1. The molecule has 1 fully saturated rings. The van der Waals surface area contributed by atoms with Gasteiger partial charge in [-0.3, -0.25) is 9.59 Å². The van der Waals surface area contributed by atoms with E-state index in [2.05, 4.69) is 15.6 Å². The van der Waals surface area contributed by atoms with Crippen LogP contribution in [0.25, 0.3) is 0 Å². The highest BCUT2D eigenvalue weighted by Gasteiger charge is 2.23. The lowest BCUT2D eigenvalue weighted by atomic mass is 10.1. The summed E-state index contributed by atoms with van der Waals surface area (Å²) >= 11 is 0. The molecular formula is C19H19N3O5. The van der Waals surface area contributed by atoms with Crippen LogP contribution in [0.2, 0.25) is 0 Å². The first-order chi connectivity index (χ1) is 13.0. The summed E-state index contributed by atoms with van der Waals surface area (Å²) in [6.45, 7) is 0.808. The van der Waals surface area contributed by atoms with Crippen LogP contribution >= 0.6 is 0 Å². The highest BCUT2D eigenvalue weighted by Crippen LogP contribution is 2.16. The summed E-state index contributed by atoms with van der Waals surface area (Å²) in [7, 11) is 0. The van der Waals surface area contributed by atoms with Crippen molar-refractivity contribution in [3.8, 4) is 0 Å². The molecule has 1 aromatic carbocycles. The first kappa shape index (κ1) is 18.5. The van der Waals surface area contributed by atoms with Gasteiger partial charge in [0.1, 0.15) is 17.5 Å². The van der Waals surface area contributed by atoms with Crippen molar-refractivity contribution in [2.24, 2.45) is 0 Å². The van der Waals surface area contributed by atoms with Crippen LogP contribution in [0.15, 0.2) is 42.5 Å². The zero-order valence-electron chi connectivity index (χ0n) is 14.5. The maximum absolute atomic E-state index is 12.2. The molecule has 0 spiro atoms. The minimum absolute atomic E-state index is 0.0257. The van der Waals surface area contributed by atoms with Gasteiger partial charge in [0.15, 0.2) is 0 Å². The lowest BCUT2D eigenvalue weighted by Gasteiger charge is -2.12. The molecule has 0 bridgehead atoms. The quantitative estimate of drug-likeness (QED) is 0.715. The van der Waals surface area contributed by atoms with E-state index in [0.29, 0.717) is 18.7 Å². The highest BCUT2D eigenvalue weighted by atomic mass is 16.5. The second-order valence-corrected chi connectivity index (χ2v) is 6.09. The van der Waals surface area contributed by atoms with Gasteiger partial charge in [0, 0.05) is 18.8 Å². The summed E-state index contributed by atoms with van der Waals surface area (Å²) < 4.78 is 5.35. The van der Waals surface area contributed by atoms with Gasteiger partial charge in [-0.25, -0.2) is 9.78 Å². The van der Waals surface area contributed by atoms with E-state index in [9.17, 15) is 14.4 Å². The molecule has 3 N–H and O–H groups in total. The van der Waals surface area contributed by atoms with Crippen LogP contribution in [0.5, 0.6) is 0 Å². The van der Waals surface area contributed by atoms with E-state index < -0.39 is 18.0 Å². The molecule has 1 aliphatic heterocycles. The number of ether oxygens (including phenoxy) is 1. The van der Waals surface area contributed by atoms with Crippen LogP contribution in [-0.4, -0.2) is 40.6 Å². The van der Waals surface area contributed by atoms with Crippen LogP contribution < -0.4 is 10.6 Å². The SMILES string of the molecule is O=C(O)c1cccc(C(=O)NCc2cccc(NC(=O)C3CCCO3)c2)n1. The average molecular weight is 369 g/mol. The Kier molecular flexibility index (Phi) is 5.77. The molecule has 2 heterocycles. The minimum atomic E-state index is -1.20. The van der Waals surface area contributed by atoms with Gasteiger partial charge in [-0.05, 0) is 42.7 Å². The standard InChI is InChI=1S/C19H19N3O5/c23-17(14-6-2-7-15(22-14)19(25)26)20-11-12-4-1-5-13(10-12)21-18(24)16-8-3-9-27-16/h1-2,4-7,10,16H,3,8-9,11H2,(H,20,23)(H,21,24)(H,25,26). The second kappa shape index (κ2) is 8.41. The van der Waals surface area contributed by atoms with E-state index in [-0.39, 0.29) is 23.8 Å². The van der Waals surface area contributed by atoms with E-state index in [1.807, 2.05) is 6.07 Å². The zero-order valence-corrected chi connectivity index (χ0v) is 14.5. The van der Waals surface area contributed by atoms with Crippen molar-refractivity contribution in [3.63, 3.8) is 0 Å². The summed E-state index contributed by atoms with van der Waals surface area (Å²) in [6.07, 6.45) is 1.17. The van der Waals surface area contributed by atoms with Crippen LogP contribution in [0.4, 0.5) is 5.69 Å². The number of aromatic nitrogens is 1. The summed E-state index contributed by atoms with van der Waals surface area (Å²) in [5.41, 5.74) is 1.23. The third-order valence-electron chi connectivity index (χ3n) is 4.07. The topological polar surface area (TPSA) is 118 Å². The number of carbonyl (C=O) groups is 3. The molecule has 2 aromatic rings. The molecule has 8 nitrogen and oxygen atoms in total. The number of nitrogens with one attached hydrogen (secondary N) is 2. The molecule has 0 saturated carbocycles. The maximum atomic E-state index is 12.2. The van der Waals surface area contributed by atoms with Crippen molar-refractivity contribution in [1.29, 1.82) is 0 Å². The highest BCUT2D eigenvalue weighted by molar-refractivity contribution is 5.95. The van der Waals surface area contributed by atoms with Gasteiger partial charge in [-0.2, -0.15) is 0 Å². The third-order valence-corrected chi connectivity index (χ3v) is 4.07. The number of pyridine rings is 1. The van der Waals surface area contributed by atoms with Gasteiger partial charge in [0.2, 0.25) is 0 Å². The molecule has 0 radical (unpaired) electrons. The van der Waals surface area contributed by atoms with Crippen LogP contribution in [-0.2, 0) is 16.1 Å². The molecule has 1 aliphatic rings. The Morgan fingerprint density at radius 3 is 2.67 bits per heavy atom. The Balaban J connectivity index is 1.59. The van der Waals surface area contributed by atoms with Gasteiger partial charge in [-0.1, -0.05) is 18.2 Å². The monoisotopic (exact) mass is 369 g/mol. The van der Waals surface area contributed by atoms with Gasteiger partial charge >= 0.3 is 5.97 Å². The molecule has 2 amide bonds. The molecular weight excluding hydrogens is 350 g/mol. The smallest absolute Gasteiger partial charge is 0.354 e. The number of amides is 2. The van der Waals surface area contributed by atoms with Crippen molar-refractivity contribution in [2.75, 3.05) is 11.9 Å². The summed E-state index contributed by atoms with van der Waals surface area (Å²) in [5.74, 6) is -1.85. The van der Waals surface area contributed by atoms with Gasteiger partial charge < -0.3 is 20.5 Å². The normalized spacial score (nSPS) is 15.9. The third kappa shape index (κ3) is 4.89. The number of benzene rings is 1. The number of hydrogen-bond acceptors (Lipinski definition) is 5. The molecule has 8 heteroatoms. The number of rotatable bonds is 6. The summed E-state index contributed by atoms with van der Waals surface area (Å²) in [4.78, 5) is 39.0. The minimum Gasteiger partial charge on any atom is -0.477 e. The molecule has 0 aliphatic carbocycles. The Bertz CT molecular complexity index is 862. The molecule has 27 heavy (non-hydrogen) atoms. The van der Waals surface area contributed by atoms with Gasteiger partial charge in [0.25, 0.3) is 11.8 Å². The predicted octanol–water partition coefficient (Wildman–Crippen LogP) is 1.83. The average Bonchev–Trinajstić information content (AvgIpc) is 3.21. The number of carboxylic acids is 1. The Morgan fingerprint density at radius 1 is 1.15 bits per heavy atom. The van der Waals surface area contributed by atoms with E-state index in [4.69, 9.17) is 9.84 Å². The molecule has 3 rings (SSSR count). The van der Waals surface area contributed by atoms with Crippen LogP contribution in [0.3, 0.4) is 0 Å². The van der Waals surface area contributed by atoms with Crippen molar-refractivity contribution >= 4 is 23.5 Å². The fourth-order valence-electron chi connectivity index (χ4n) is 2.72. The van der Waals surface area contributed by atoms with Crippen LogP contribution in [0, 0.1) is 0 Å². The predicted molar refractivity (Wildman–Crippen MR) is 96.4 cm³/mol. The lowest BCUT2D eigenvalue weighted by molar-refractivity contribution is -0.124. The maximum Gasteiger partial charge on any atom is 0.354 e. The molecule has 1 aromatic heterocycles. The Morgan fingerprint density at radius 2 is 1.93 bits per heavy atom. The largest absolute Gasteiger partial charge is 0.477 e. The number of anilines is 1. The number of nitrogens with zero attached hydrogens (tertiary/aromatic N) is 1. The first-order valence-corrected chi connectivity index (χ1v) is 8.53. The summed E-state index contributed by atoms with van der Waals surface area (Å²) in [6, 6.07) is 11.3. The van der Waals surface area contributed by atoms with E-state index in [1.165, 1.54) is 18.2 Å². The van der Waals surface area contributed by atoms with Gasteiger partial charge in [-0.15, -0.1) is 0 Å². The van der Waals surface area contributed by atoms with Crippen molar-refractivity contribution in [3.05, 3.63) is 59.4 Å². The number of hydrogen-bond donors (Lipinski definition) is 3. The molecule has 1 unspecified atom stereocenters. The van der Waals surface area contributed by atoms with E-state index >= 15 is 0 Å². The molecule has 140 valence electrons. The van der Waals surface area contributed by atoms with Crippen molar-refractivity contribution in [2.45, 2.75) is 25.5 Å². The Hall–Kier alpha value is -3.26. The van der Waals surface area contributed by atoms with E-state index in [0.717, 1.165) is 12.0 Å². The fourth-order valence-corrected chi connectivity index (χ4v) is 2.72. The Labute approximate surface area is 155 Å². The fraction of sp³-hybridized carbons (Fsp3) is 0.263. The lowest BCUT2D eigenvalue weighted by Crippen LogP contribution is -2.27.